The van der Waals surface area contributed by atoms with Gasteiger partial charge >= 0.3 is 0 Å². The maximum Gasteiger partial charge on any atom is 0.119 e. The van der Waals surface area contributed by atoms with E-state index in [1.54, 1.807) is 18.9 Å². The summed E-state index contributed by atoms with van der Waals surface area (Å²) in [6.07, 6.45) is 0.782. The Morgan fingerprint density at radius 2 is 1.95 bits per heavy atom. The second-order valence-electron chi connectivity index (χ2n) is 4.43. The molecule has 0 amide bonds. The Hall–Kier alpha value is -0.830. The predicted molar refractivity (Wildman–Crippen MR) is 80.9 cm³/mol. The van der Waals surface area contributed by atoms with E-state index in [2.05, 4.69) is 12.1 Å². The van der Waals surface area contributed by atoms with Gasteiger partial charge in [0.1, 0.15) is 5.75 Å². The molecule has 19 heavy (non-hydrogen) atoms. The molecule has 0 bridgehead atoms. The van der Waals surface area contributed by atoms with Crippen molar-refractivity contribution in [3.8, 4) is 5.75 Å². The average molecular weight is 311 g/mol. The lowest BCUT2D eigenvalue weighted by Gasteiger charge is -2.11. The summed E-state index contributed by atoms with van der Waals surface area (Å²) in [7, 11) is 1.67. The van der Waals surface area contributed by atoms with Gasteiger partial charge in [0.2, 0.25) is 0 Å². The third-order valence-corrected chi connectivity index (χ3v) is 5.03. The predicted octanol–water partition coefficient (Wildman–Crippen LogP) is 5.34. The maximum absolute atomic E-state index is 6.55. The van der Waals surface area contributed by atoms with Crippen LogP contribution in [0, 0.1) is 0 Å². The van der Waals surface area contributed by atoms with Gasteiger partial charge in [-0.15, -0.1) is 11.6 Å². The van der Waals surface area contributed by atoms with Crippen molar-refractivity contribution in [1.82, 2.24) is 0 Å². The largest absolute Gasteiger partial charge is 0.497 e. The molecule has 1 aliphatic rings. The molecular formula is C15H12Cl2OS. The van der Waals surface area contributed by atoms with Gasteiger partial charge in [0, 0.05) is 14.8 Å². The Labute approximate surface area is 126 Å². The van der Waals surface area contributed by atoms with Gasteiger partial charge in [-0.25, -0.2) is 0 Å². The molecule has 4 heteroatoms. The standard InChI is InChI=1S/C15H12Cl2OS/c1-18-11-3-5-15-12(8-11)13(17)7-9-6-10(16)2-4-14(9)19-15/h2-6,8,13H,7H2,1H3. The van der Waals surface area contributed by atoms with E-state index < -0.39 is 0 Å². The third kappa shape index (κ3) is 2.58. The highest BCUT2D eigenvalue weighted by molar-refractivity contribution is 7.99. The normalized spacial score (nSPS) is 17.3. The van der Waals surface area contributed by atoms with Crippen LogP contribution in [0.3, 0.4) is 0 Å². The van der Waals surface area contributed by atoms with Crippen molar-refractivity contribution in [2.75, 3.05) is 7.11 Å². The molecular weight excluding hydrogens is 299 g/mol. The molecule has 1 nitrogen and oxygen atoms in total. The highest BCUT2D eigenvalue weighted by Crippen LogP contribution is 2.44. The Balaban J connectivity index is 2.09. The maximum atomic E-state index is 6.55. The lowest BCUT2D eigenvalue weighted by atomic mass is 10.0. The van der Waals surface area contributed by atoms with Crippen LogP contribution in [0.4, 0.5) is 0 Å². The van der Waals surface area contributed by atoms with E-state index in [9.17, 15) is 0 Å². The zero-order valence-corrected chi connectivity index (χ0v) is 12.6. The van der Waals surface area contributed by atoms with Crippen molar-refractivity contribution in [2.45, 2.75) is 21.6 Å². The summed E-state index contributed by atoms with van der Waals surface area (Å²) >= 11 is 14.3. The van der Waals surface area contributed by atoms with E-state index >= 15 is 0 Å². The first-order chi connectivity index (χ1) is 9.17. The van der Waals surface area contributed by atoms with Crippen molar-refractivity contribution >= 4 is 35.0 Å². The van der Waals surface area contributed by atoms with Crippen molar-refractivity contribution < 1.29 is 4.74 Å². The van der Waals surface area contributed by atoms with Crippen molar-refractivity contribution in [3.63, 3.8) is 0 Å². The number of benzene rings is 2. The molecule has 1 aliphatic heterocycles. The second-order valence-corrected chi connectivity index (χ2v) is 6.48. The number of methoxy groups -OCH3 is 1. The van der Waals surface area contributed by atoms with Gasteiger partial charge in [0.15, 0.2) is 0 Å². The van der Waals surface area contributed by atoms with Crippen LogP contribution in [0.1, 0.15) is 16.5 Å². The van der Waals surface area contributed by atoms with Crippen LogP contribution < -0.4 is 4.74 Å². The average Bonchev–Trinajstić information content (AvgIpc) is 2.54. The van der Waals surface area contributed by atoms with Gasteiger partial charge in [-0.3, -0.25) is 0 Å². The minimum absolute atomic E-state index is 0.0580. The highest BCUT2D eigenvalue weighted by Gasteiger charge is 2.21. The van der Waals surface area contributed by atoms with Gasteiger partial charge in [-0.1, -0.05) is 23.4 Å². The second kappa shape index (κ2) is 5.28. The Kier molecular flexibility index (Phi) is 3.66. The van der Waals surface area contributed by atoms with E-state index in [0.717, 1.165) is 22.8 Å². The Morgan fingerprint density at radius 1 is 1.16 bits per heavy atom. The van der Waals surface area contributed by atoms with E-state index in [-0.39, 0.29) is 5.38 Å². The van der Waals surface area contributed by atoms with Crippen LogP contribution >= 0.6 is 35.0 Å². The van der Waals surface area contributed by atoms with E-state index in [1.165, 1.54) is 15.4 Å². The van der Waals surface area contributed by atoms with Crippen LogP contribution in [0.5, 0.6) is 5.75 Å². The molecule has 1 unspecified atom stereocenters. The monoisotopic (exact) mass is 310 g/mol. The fraction of sp³-hybridized carbons (Fsp3) is 0.200. The minimum atomic E-state index is -0.0580. The molecule has 0 aromatic heterocycles. The molecule has 0 saturated heterocycles. The van der Waals surface area contributed by atoms with Crippen molar-refractivity contribution in [1.29, 1.82) is 0 Å². The van der Waals surface area contributed by atoms with Crippen LogP contribution in [-0.4, -0.2) is 7.11 Å². The number of alkyl halides is 1. The van der Waals surface area contributed by atoms with Gasteiger partial charge in [-0.05, 0) is 53.9 Å². The van der Waals surface area contributed by atoms with E-state index in [0.29, 0.717) is 0 Å². The van der Waals surface area contributed by atoms with Crippen molar-refractivity contribution in [3.05, 3.63) is 52.5 Å². The molecule has 0 fully saturated rings. The molecule has 0 N–H and O–H groups in total. The third-order valence-electron chi connectivity index (χ3n) is 3.20. The number of ether oxygens (including phenoxy) is 1. The Bertz CT molecular complexity index is 628. The first-order valence-corrected chi connectivity index (χ1v) is 7.59. The zero-order valence-electron chi connectivity index (χ0n) is 10.3. The summed E-state index contributed by atoms with van der Waals surface area (Å²) in [4.78, 5) is 2.40. The number of halogens is 2. The fourth-order valence-corrected chi connectivity index (χ4v) is 3.93. The molecule has 2 aromatic rings. The number of rotatable bonds is 1. The molecule has 0 radical (unpaired) electrons. The van der Waals surface area contributed by atoms with Gasteiger partial charge in [0.25, 0.3) is 0 Å². The first-order valence-electron chi connectivity index (χ1n) is 5.95. The molecule has 0 saturated carbocycles. The summed E-state index contributed by atoms with van der Waals surface area (Å²) in [5.41, 5.74) is 2.33. The molecule has 1 heterocycles. The molecule has 1 atom stereocenters. The van der Waals surface area contributed by atoms with Crippen LogP contribution in [0.2, 0.25) is 5.02 Å². The van der Waals surface area contributed by atoms with Crippen LogP contribution in [0.25, 0.3) is 0 Å². The van der Waals surface area contributed by atoms with Gasteiger partial charge < -0.3 is 4.74 Å². The summed E-state index contributed by atoms with van der Waals surface area (Å²) in [5.74, 6) is 0.842. The molecule has 98 valence electrons. The van der Waals surface area contributed by atoms with Crippen LogP contribution in [0.15, 0.2) is 46.2 Å². The number of hydrogen-bond donors (Lipinski definition) is 0. The van der Waals surface area contributed by atoms with E-state index in [1.807, 2.05) is 24.3 Å². The van der Waals surface area contributed by atoms with Gasteiger partial charge in [0.05, 0.1) is 12.5 Å². The van der Waals surface area contributed by atoms with Crippen LogP contribution in [-0.2, 0) is 6.42 Å². The Morgan fingerprint density at radius 3 is 2.74 bits per heavy atom. The molecule has 0 aliphatic carbocycles. The summed E-state index contributed by atoms with van der Waals surface area (Å²) in [5, 5.41) is 0.698. The fourth-order valence-electron chi connectivity index (χ4n) is 2.22. The molecule has 0 spiro atoms. The smallest absolute Gasteiger partial charge is 0.119 e. The topological polar surface area (TPSA) is 9.23 Å². The SMILES string of the molecule is COc1ccc2c(c1)C(Cl)Cc1cc(Cl)ccc1S2. The number of fused-ring (bicyclic) bond motifs is 2. The highest BCUT2D eigenvalue weighted by atomic mass is 35.5. The minimum Gasteiger partial charge on any atom is -0.497 e. The van der Waals surface area contributed by atoms with Crippen molar-refractivity contribution in [2.24, 2.45) is 0 Å². The quantitative estimate of drug-likeness (QED) is 0.658. The summed E-state index contributed by atoms with van der Waals surface area (Å²) < 4.78 is 5.28. The number of hydrogen-bond acceptors (Lipinski definition) is 2. The zero-order chi connectivity index (χ0) is 13.4. The lowest BCUT2D eigenvalue weighted by molar-refractivity contribution is 0.413. The lowest BCUT2D eigenvalue weighted by Crippen LogP contribution is -1.96. The first kappa shape index (κ1) is 13.2. The van der Waals surface area contributed by atoms with Gasteiger partial charge in [-0.2, -0.15) is 0 Å². The summed E-state index contributed by atoms with van der Waals surface area (Å²) in [6, 6.07) is 12.0. The molecule has 2 aromatic carbocycles. The molecule has 3 rings (SSSR count). The van der Waals surface area contributed by atoms with E-state index in [4.69, 9.17) is 27.9 Å². The summed E-state index contributed by atoms with van der Waals surface area (Å²) in [6.45, 7) is 0.